The third-order valence-electron chi connectivity index (χ3n) is 5.58. The molecular formula is C22H25N3O3. The second kappa shape index (κ2) is 8.02. The van der Waals surface area contributed by atoms with Crippen LogP contribution in [0.1, 0.15) is 24.0 Å². The number of hydrogen-bond donors (Lipinski definition) is 2. The Bertz CT molecular complexity index is 866. The highest BCUT2D eigenvalue weighted by Crippen LogP contribution is 2.24. The molecule has 6 heteroatoms. The second-order valence-corrected chi connectivity index (χ2v) is 7.31. The Hall–Kier alpha value is -2.86. The molecule has 0 aromatic heterocycles. The molecule has 28 heavy (non-hydrogen) atoms. The third kappa shape index (κ3) is 3.73. The zero-order valence-electron chi connectivity index (χ0n) is 16.0. The summed E-state index contributed by atoms with van der Waals surface area (Å²) in [5.74, 6) is 0.619. The first-order valence-electron chi connectivity index (χ1n) is 9.71. The summed E-state index contributed by atoms with van der Waals surface area (Å²) in [5.41, 5.74) is 3.15. The molecule has 1 saturated heterocycles. The molecule has 2 unspecified atom stereocenters. The number of amides is 2. The van der Waals surface area contributed by atoms with E-state index in [1.54, 1.807) is 36.3 Å². The number of hydrogen-bond acceptors (Lipinski definition) is 4. The van der Waals surface area contributed by atoms with Gasteiger partial charge in [0.1, 0.15) is 11.8 Å². The van der Waals surface area contributed by atoms with Gasteiger partial charge >= 0.3 is 0 Å². The van der Waals surface area contributed by atoms with Gasteiger partial charge in [0.05, 0.1) is 13.2 Å². The number of nitrogens with one attached hydrogen (secondary N) is 2. The van der Waals surface area contributed by atoms with Gasteiger partial charge in [-0.2, -0.15) is 0 Å². The van der Waals surface area contributed by atoms with Crippen molar-refractivity contribution in [2.45, 2.75) is 37.9 Å². The molecule has 0 radical (unpaired) electrons. The molecular weight excluding hydrogens is 354 g/mol. The fraction of sp³-hybridized carbons (Fsp3) is 0.364. The van der Waals surface area contributed by atoms with Crippen molar-refractivity contribution in [2.24, 2.45) is 0 Å². The predicted molar refractivity (Wildman–Crippen MR) is 107 cm³/mol. The van der Waals surface area contributed by atoms with Gasteiger partial charge in [-0.05, 0) is 54.7 Å². The van der Waals surface area contributed by atoms with Crippen molar-refractivity contribution in [3.8, 4) is 5.75 Å². The van der Waals surface area contributed by atoms with Crippen molar-refractivity contribution in [1.29, 1.82) is 0 Å². The fourth-order valence-electron chi connectivity index (χ4n) is 4.03. The summed E-state index contributed by atoms with van der Waals surface area (Å²) in [4.78, 5) is 27.7. The minimum Gasteiger partial charge on any atom is -0.497 e. The highest BCUT2D eigenvalue weighted by molar-refractivity contribution is 5.98. The molecule has 2 heterocycles. The summed E-state index contributed by atoms with van der Waals surface area (Å²) in [6.07, 6.45) is 2.20. The van der Waals surface area contributed by atoms with E-state index >= 15 is 0 Å². The molecule has 0 aliphatic carbocycles. The summed E-state index contributed by atoms with van der Waals surface area (Å²) in [5, 5.41) is 6.27. The van der Waals surface area contributed by atoms with Crippen LogP contribution < -0.4 is 15.4 Å². The Morgan fingerprint density at radius 2 is 1.86 bits per heavy atom. The van der Waals surface area contributed by atoms with Gasteiger partial charge in [0.25, 0.3) is 0 Å². The molecule has 2 aliphatic rings. The highest BCUT2D eigenvalue weighted by atomic mass is 16.5. The zero-order chi connectivity index (χ0) is 19.5. The Morgan fingerprint density at radius 3 is 2.61 bits per heavy atom. The van der Waals surface area contributed by atoms with Crippen molar-refractivity contribution >= 4 is 17.5 Å². The minimum absolute atomic E-state index is 0.0156. The van der Waals surface area contributed by atoms with Crippen LogP contribution in [0.15, 0.2) is 48.5 Å². The van der Waals surface area contributed by atoms with E-state index in [0.717, 1.165) is 12.2 Å². The molecule has 2 aromatic rings. The average Bonchev–Trinajstić information content (AvgIpc) is 3.23. The maximum atomic E-state index is 13.1. The van der Waals surface area contributed by atoms with Crippen molar-refractivity contribution in [3.05, 3.63) is 59.7 Å². The molecule has 2 N–H and O–H groups in total. The Morgan fingerprint density at radius 1 is 1.11 bits per heavy atom. The Balaban J connectivity index is 1.42. The van der Waals surface area contributed by atoms with Gasteiger partial charge < -0.3 is 20.3 Å². The number of methoxy groups -OCH3 is 1. The molecule has 4 rings (SSSR count). The molecule has 0 bridgehead atoms. The number of ether oxygens (including phenoxy) is 1. The maximum Gasteiger partial charge on any atom is 0.247 e. The van der Waals surface area contributed by atoms with Gasteiger partial charge in [-0.3, -0.25) is 9.59 Å². The van der Waals surface area contributed by atoms with Gasteiger partial charge in [0.15, 0.2) is 0 Å². The third-order valence-corrected chi connectivity index (χ3v) is 5.58. The van der Waals surface area contributed by atoms with Crippen LogP contribution in [0.5, 0.6) is 5.75 Å². The second-order valence-electron chi connectivity index (χ2n) is 7.31. The molecule has 1 fully saturated rings. The molecule has 146 valence electrons. The molecule has 2 amide bonds. The predicted octanol–water partition coefficient (Wildman–Crippen LogP) is 2.34. The molecule has 2 aromatic carbocycles. The minimum atomic E-state index is -0.423. The van der Waals surface area contributed by atoms with Gasteiger partial charge in [-0.25, -0.2) is 0 Å². The summed E-state index contributed by atoms with van der Waals surface area (Å²) < 4.78 is 5.14. The molecule has 6 nitrogen and oxygen atoms in total. The van der Waals surface area contributed by atoms with Crippen LogP contribution in [0, 0.1) is 0 Å². The molecule has 0 saturated carbocycles. The molecule has 2 atom stereocenters. The first kappa shape index (κ1) is 18.5. The molecule has 2 aliphatic heterocycles. The number of fused-ring (bicyclic) bond motifs is 1. The Kier molecular flexibility index (Phi) is 5.30. The van der Waals surface area contributed by atoms with Crippen LogP contribution in [0.25, 0.3) is 0 Å². The maximum absolute atomic E-state index is 13.1. The summed E-state index contributed by atoms with van der Waals surface area (Å²) in [6, 6.07) is 14.7. The lowest BCUT2D eigenvalue weighted by molar-refractivity contribution is -0.138. The average molecular weight is 379 g/mol. The number of nitrogens with zero attached hydrogens (tertiary/aromatic N) is 1. The standard InChI is InChI=1S/C22H25N3O3/c1-28-18-10-8-17(9-11-18)24-21(26)20-7-4-12-25(20)22(27)19-13-15-5-2-3-6-16(15)14-23-19/h2-3,5-6,8-11,19-20,23H,4,7,12-14H2,1H3,(H,24,26). The van der Waals surface area contributed by atoms with Crippen LogP contribution in [0.4, 0.5) is 5.69 Å². The first-order chi connectivity index (χ1) is 13.7. The SMILES string of the molecule is COc1ccc(NC(=O)C2CCCN2C(=O)C2Cc3ccccc3CN2)cc1. The van der Waals surface area contributed by atoms with Gasteiger partial charge in [0, 0.05) is 18.8 Å². The number of rotatable bonds is 4. The monoisotopic (exact) mass is 379 g/mol. The lowest BCUT2D eigenvalue weighted by Crippen LogP contribution is -2.53. The van der Waals surface area contributed by atoms with Gasteiger partial charge in [-0.1, -0.05) is 24.3 Å². The topological polar surface area (TPSA) is 70.7 Å². The normalized spacial score (nSPS) is 21.1. The van der Waals surface area contributed by atoms with E-state index in [1.807, 2.05) is 12.1 Å². The smallest absolute Gasteiger partial charge is 0.247 e. The van der Waals surface area contributed by atoms with Crippen molar-refractivity contribution in [1.82, 2.24) is 10.2 Å². The van der Waals surface area contributed by atoms with Crippen LogP contribution in [0.2, 0.25) is 0 Å². The highest BCUT2D eigenvalue weighted by Gasteiger charge is 2.38. The van der Waals surface area contributed by atoms with E-state index in [0.29, 0.717) is 31.6 Å². The van der Waals surface area contributed by atoms with E-state index in [9.17, 15) is 9.59 Å². The fourth-order valence-corrected chi connectivity index (χ4v) is 4.03. The zero-order valence-corrected chi connectivity index (χ0v) is 16.0. The van der Waals surface area contributed by atoms with E-state index in [1.165, 1.54) is 11.1 Å². The van der Waals surface area contributed by atoms with Gasteiger partial charge in [-0.15, -0.1) is 0 Å². The number of likely N-dealkylation sites (tertiary alicyclic amines) is 1. The first-order valence-corrected chi connectivity index (χ1v) is 9.71. The number of anilines is 1. The van der Waals surface area contributed by atoms with Crippen LogP contribution in [-0.2, 0) is 22.6 Å². The quantitative estimate of drug-likeness (QED) is 0.856. The summed E-state index contributed by atoms with van der Waals surface area (Å²) >= 11 is 0. The van der Waals surface area contributed by atoms with E-state index in [-0.39, 0.29) is 17.9 Å². The van der Waals surface area contributed by atoms with E-state index in [4.69, 9.17) is 4.74 Å². The van der Waals surface area contributed by atoms with Crippen molar-refractivity contribution < 1.29 is 14.3 Å². The van der Waals surface area contributed by atoms with E-state index in [2.05, 4.69) is 22.8 Å². The Labute approximate surface area is 164 Å². The van der Waals surface area contributed by atoms with Crippen LogP contribution in [-0.4, -0.2) is 42.5 Å². The largest absolute Gasteiger partial charge is 0.497 e. The summed E-state index contributed by atoms with van der Waals surface area (Å²) in [6.45, 7) is 1.31. The lowest BCUT2D eigenvalue weighted by atomic mass is 9.95. The lowest BCUT2D eigenvalue weighted by Gasteiger charge is -2.31. The molecule has 0 spiro atoms. The summed E-state index contributed by atoms with van der Waals surface area (Å²) in [7, 11) is 1.60. The van der Waals surface area contributed by atoms with Crippen LogP contribution >= 0.6 is 0 Å². The van der Waals surface area contributed by atoms with E-state index < -0.39 is 6.04 Å². The number of carbonyl (C=O) groups is 2. The number of benzene rings is 2. The number of carbonyl (C=O) groups excluding carboxylic acids is 2. The van der Waals surface area contributed by atoms with Crippen molar-refractivity contribution in [2.75, 3.05) is 19.0 Å². The van der Waals surface area contributed by atoms with Gasteiger partial charge in [0.2, 0.25) is 11.8 Å². The van der Waals surface area contributed by atoms with Crippen molar-refractivity contribution in [3.63, 3.8) is 0 Å². The van der Waals surface area contributed by atoms with Crippen LogP contribution in [0.3, 0.4) is 0 Å².